The molecule has 2 aliphatic rings. The lowest BCUT2D eigenvalue weighted by Gasteiger charge is -2.50. The highest BCUT2D eigenvalue weighted by atomic mass is 16.2. The quantitative estimate of drug-likeness (QED) is 0.834. The molecule has 1 unspecified atom stereocenters. The van der Waals surface area contributed by atoms with Gasteiger partial charge in [0.1, 0.15) is 0 Å². The summed E-state index contributed by atoms with van der Waals surface area (Å²) in [7, 11) is 6.26. The molecule has 110 valence electrons. The minimum absolute atomic E-state index is 0.204. The summed E-state index contributed by atoms with van der Waals surface area (Å²) in [5, 5.41) is 3.37. The van der Waals surface area contributed by atoms with Crippen molar-refractivity contribution in [3.63, 3.8) is 0 Å². The molecule has 4 heteroatoms. The smallest absolute Gasteiger partial charge is 0.229 e. The Hall–Kier alpha value is -0.610. The van der Waals surface area contributed by atoms with E-state index < -0.39 is 0 Å². The highest BCUT2D eigenvalue weighted by Crippen LogP contribution is 2.37. The second-order valence-electron chi connectivity index (χ2n) is 6.97. The summed E-state index contributed by atoms with van der Waals surface area (Å²) in [6, 6.07) is 0. The first kappa shape index (κ1) is 14.8. The molecular formula is C15H29N3O. The SMILES string of the molecule is CN(CC1(N(C)C)CCC1)C(=O)C1(C)CCCNC1. The molecule has 1 saturated carbocycles. The molecule has 4 nitrogen and oxygen atoms in total. The predicted octanol–water partition coefficient (Wildman–Crippen LogP) is 1.32. The van der Waals surface area contributed by atoms with Gasteiger partial charge >= 0.3 is 0 Å². The summed E-state index contributed by atoms with van der Waals surface area (Å²) in [6.45, 7) is 4.86. The van der Waals surface area contributed by atoms with Crippen LogP contribution in [0.1, 0.15) is 39.0 Å². The highest BCUT2D eigenvalue weighted by molar-refractivity contribution is 5.82. The number of amides is 1. The number of piperidine rings is 1. The van der Waals surface area contributed by atoms with E-state index in [9.17, 15) is 4.79 Å². The minimum atomic E-state index is -0.204. The van der Waals surface area contributed by atoms with Crippen molar-refractivity contribution in [2.75, 3.05) is 40.8 Å². The van der Waals surface area contributed by atoms with E-state index in [1.165, 1.54) is 19.3 Å². The van der Waals surface area contributed by atoms with Gasteiger partial charge in [0, 0.05) is 25.7 Å². The lowest BCUT2D eigenvalue weighted by atomic mass is 9.74. The van der Waals surface area contributed by atoms with Crippen LogP contribution in [0.5, 0.6) is 0 Å². The van der Waals surface area contributed by atoms with Crippen molar-refractivity contribution in [3.8, 4) is 0 Å². The van der Waals surface area contributed by atoms with Crippen LogP contribution >= 0.6 is 0 Å². The third-order valence-corrected chi connectivity index (χ3v) is 5.22. The normalized spacial score (nSPS) is 29.9. The maximum atomic E-state index is 12.7. The molecular weight excluding hydrogens is 238 g/mol. The molecule has 1 amide bonds. The summed E-state index contributed by atoms with van der Waals surface area (Å²) in [4.78, 5) is 17.0. The van der Waals surface area contributed by atoms with Crippen molar-refractivity contribution >= 4 is 5.91 Å². The Kier molecular flexibility index (Phi) is 4.21. The van der Waals surface area contributed by atoms with Crippen molar-refractivity contribution < 1.29 is 4.79 Å². The Morgan fingerprint density at radius 1 is 1.16 bits per heavy atom. The van der Waals surface area contributed by atoms with Gasteiger partial charge in [-0.3, -0.25) is 4.79 Å². The molecule has 1 N–H and O–H groups in total. The van der Waals surface area contributed by atoms with E-state index in [0.717, 1.165) is 32.5 Å². The monoisotopic (exact) mass is 267 g/mol. The van der Waals surface area contributed by atoms with Crippen molar-refractivity contribution in [1.82, 2.24) is 15.1 Å². The van der Waals surface area contributed by atoms with Crippen LogP contribution in [-0.4, -0.2) is 62.0 Å². The van der Waals surface area contributed by atoms with Gasteiger partial charge in [-0.1, -0.05) is 0 Å². The van der Waals surface area contributed by atoms with Gasteiger partial charge in [-0.2, -0.15) is 0 Å². The average Bonchev–Trinajstić information content (AvgIpc) is 2.33. The molecule has 0 aromatic carbocycles. The van der Waals surface area contributed by atoms with E-state index in [4.69, 9.17) is 0 Å². The zero-order valence-electron chi connectivity index (χ0n) is 13.0. The van der Waals surface area contributed by atoms with Crippen molar-refractivity contribution in [3.05, 3.63) is 0 Å². The number of carbonyl (C=O) groups is 1. The van der Waals surface area contributed by atoms with E-state index in [1.54, 1.807) is 0 Å². The summed E-state index contributed by atoms with van der Waals surface area (Å²) in [5.41, 5.74) is 0.0209. The lowest BCUT2D eigenvalue weighted by Crippen LogP contribution is -2.59. The standard InChI is InChI=1S/C15H29N3O/c1-14(7-6-10-16-11-14)13(19)18(4)12-15(17(2)3)8-5-9-15/h16H,5-12H2,1-4H3. The third kappa shape index (κ3) is 2.79. The number of nitrogens with one attached hydrogen (secondary N) is 1. The van der Waals surface area contributed by atoms with Gasteiger partial charge in [-0.05, 0) is 59.7 Å². The highest BCUT2D eigenvalue weighted by Gasteiger charge is 2.43. The fourth-order valence-corrected chi connectivity index (χ4v) is 3.54. The number of hydrogen-bond donors (Lipinski definition) is 1. The average molecular weight is 267 g/mol. The Labute approximate surface area is 117 Å². The Bertz CT molecular complexity index is 330. The second-order valence-corrected chi connectivity index (χ2v) is 6.97. The van der Waals surface area contributed by atoms with Gasteiger partial charge in [0.05, 0.1) is 5.41 Å². The van der Waals surface area contributed by atoms with Crippen LogP contribution in [0.2, 0.25) is 0 Å². The number of nitrogens with zero attached hydrogens (tertiary/aromatic N) is 2. The third-order valence-electron chi connectivity index (χ3n) is 5.22. The van der Waals surface area contributed by atoms with Crippen LogP contribution in [0.3, 0.4) is 0 Å². The van der Waals surface area contributed by atoms with Crippen molar-refractivity contribution in [2.24, 2.45) is 5.41 Å². The Morgan fingerprint density at radius 2 is 1.84 bits per heavy atom. The molecule has 0 bridgehead atoms. The Balaban J connectivity index is 1.99. The van der Waals surface area contributed by atoms with Gasteiger partial charge in [-0.25, -0.2) is 0 Å². The Morgan fingerprint density at radius 3 is 2.26 bits per heavy atom. The summed E-state index contributed by atoms with van der Waals surface area (Å²) < 4.78 is 0. The molecule has 1 saturated heterocycles. The predicted molar refractivity (Wildman–Crippen MR) is 78.1 cm³/mol. The summed E-state index contributed by atoms with van der Waals surface area (Å²) in [6.07, 6.45) is 5.84. The maximum Gasteiger partial charge on any atom is 0.229 e. The summed E-state index contributed by atoms with van der Waals surface area (Å²) >= 11 is 0. The number of rotatable bonds is 4. The maximum absolute atomic E-state index is 12.7. The van der Waals surface area contributed by atoms with Crippen LogP contribution in [0.15, 0.2) is 0 Å². The molecule has 2 rings (SSSR count). The van der Waals surface area contributed by atoms with Gasteiger partial charge in [0.2, 0.25) is 5.91 Å². The molecule has 2 fully saturated rings. The molecule has 1 heterocycles. The molecule has 1 aliphatic heterocycles. The molecule has 0 spiro atoms. The number of carbonyl (C=O) groups excluding carboxylic acids is 1. The lowest BCUT2D eigenvalue weighted by molar-refractivity contribution is -0.143. The van der Waals surface area contributed by atoms with E-state index in [0.29, 0.717) is 5.91 Å². The van der Waals surface area contributed by atoms with Crippen LogP contribution in [0, 0.1) is 5.41 Å². The van der Waals surface area contributed by atoms with Gasteiger partial charge in [-0.15, -0.1) is 0 Å². The second kappa shape index (κ2) is 5.41. The molecule has 1 aliphatic carbocycles. The number of likely N-dealkylation sites (N-methyl/N-ethyl adjacent to an activating group) is 2. The van der Waals surface area contributed by atoms with Crippen LogP contribution in [0.4, 0.5) is 0 Å². The fourth-order valence-electron chi connectivity index (χ4n) is 3.54. The fraction of sp³-hybridized carbons (Fsp3) is 0.933. The zero-order valence-corrected chi connectivity index (χ0v) is 13.0. The minimum Gasteiger partial charge on any atom is -0.343 e. The van der Waals surface area contributed by atoms with E-state index in [1.807, 2.05) is 11.9 Å². The van der Waals surface area contributed by atoms with E-state index >= 15 is 0 Å². The topological polar surface area (TPSA) is 35.6 Å². The molecule has 0 radical (unpaired) electrons. The van der Waals surface area contributed by atoms with Gasteiger partial charge in [0.15, 0.2) is 0 Å². The molecule has 1 atom stereocenters. The zero-order chi connectivity index (χ0) is 14.1. The van der Waals surface area contributed by atoms with Gasteiger partial charge in [0.25, 0.3) is 0 Å². The van der Waals surface area contributed by atoms with Crippen LogP contribution < -0.4 is 5.32 Å². The molecule has 0 aromatic heterocycles. The van der Waals surface area contributed by atoms with Crippen LogP contribution in [0.25, 0.3) is 0 Å². The molecule has 0 aromatic rings. The molecule has 19 heavy (non-hydrogen) atoms. The first-order chi connectivity index (χ1) is 8.90. The van der Waals surface area contributed by atoms with Crippen LogP contribution in [-0.2, 0) is 4.79 Å². The first-order valence-corrected chi connectivity index (χ1v) is 7.53. The summed E-state index contributed by atoms with van der Waals surface area (Å²) in [5.74, 6) is 0.313. The van der Waals surface area contributed by atoms with E-state index in [2.05, 4.69) is 31.2 Å². The first-order valence-electron chi connectivity index (χ1n) is 7.53. The largest absolute Gasteiger partial charge is 0.343 e. The van der Waals surface area contributed by atoms with Gasteiger partial charge < -0.3 is 15.1 Å². The van der Waals surface area contributed by atoms with Crippen molar-refractivity contribution in [1.29, 1.82) is 0 Å². The number of hydrogen-bond acceptors (Lipinski definition) is 3. The van der Waals surface area contributed by atoms with Crippen molar-refractivity contribution in [2.45, 2.75) is 44.6 Å². The van der Waals surface area contributed by atoms with E-state index in [-0.39, 0.29) is 11.0 Å².